The average Bonchev–Trinajstić information content (AvgIpc) is 2.82. The number of nitrogen functional groups attached to an aromatic ring is 2. The summed E-state index contributed by atoms with van der Waals surface area (Å²) in [5.41, 5.74) is 13.5. The molecule has 0 unspecified atom stereocenters. The number of aliphatic carboxylic acids is 1. The molecule has 3 aromatic rings. The number of rotatable bonds is 10. The van der Waals surface area contributed by atoms with Gasteiger partial charge in [-0.3, -0.25) is 0 Å². The molecule has 5 N–H and O–H groups in total. The van der Waals surface area contributed by atoms with Crippen molar-refractivity contribution in [1.29, 1.82) is 0 Å². The van der Waals surface area contributed by atoms with Crippen molar-refractivity contribution in [1.82, 2.24) is 0 Å². The molecule has 0 saturated carbocycles. The van der Waals surface area contributed by atoms with Crippen LogP contribution in [-0.4, -0.2) is 29.8 Å². The van der Waals surface area contributed by atoms with Gasteiger partial charge in [0, 0.05) is 29.8 Å². The number of carbonyl (C=O) groups excluding carboxylic acids is 1. The zero-order valence-electron chi connectivity index (χ0n) is 19.9. The maximum atomic E-state index is 14.2. The predicted octanol–water partition coefficient (Wildman–Crippen LogP) is 5.64. The molecule has 0 heterocycles. The summed E-state index contributed by atoms with van der Waals surface area (Å²) in [5.74, 6) is -3.08. The normalized spacial score (nSPS) is 11.7. The van der Waals surface area contributed by atoms with Gasteiger partial charge in [-0.25, -0.2) is 14.0 Å². The SMILES string of the molecule is Nc1cc(N)cc(C/C(=C\c2ccc(OC(=O)c3ccc(OCCCC(F)(F)F)c(F)c3)cc2)C(=O)O)c1. The van der Waals surface area contributed by atoms with Crippen LogP contribution in [0.25, 0.3) is 6.08 Å². The molecule has 0 saturated heterocycles. The smallest absolute Gasteiger partial charge is 0.389 e. The van der Waals surface area contributed by atoms with Crippen LogP contribution in [0.1, 0.15) is 34.3 Å². The van der Waals surface area contributed by atoms with Gasteiger partial charge in [-0.2, -0.15) is 13.2 Å². The summed E-state index contributed by atoms with van der Waals surface area (Å²) < 4.78 is 61.0. The van der Waals surface area contributed by atoms with Crippen molar-refractivity contribution in [2.75, 3.05) is 18.1 Å². The second-order valence-electron chi connectivity index (χ2n) is 8.33. The lowest BCUT2D eigenvalue weighted by atomic mass is 10.0. The fourth-order valence-corrected chi connectivity index (χ4v) is 3.45. The van der Waals surface area contributed by atoms with Crippen molar-refractivity contribution in [3.05, 3.63) is 88.7 Å². The molecule has 0 bridgehead atoms. The third kappa shape index (κ3) is 8.54. The van der Waals surface area contributed by atoms with E-state index in [1.165, 1.54) is 36.4 Å². The number of ether oxygens (including phenoxy) is 2. The molecule has 0 amide bonds. The zero-order valence-corrected chi connectivity index (χ0v) is 19.9. The van der Waals surface area contributed by atoms with Gasteiger partial charge in [0.05, 0.1) is 12.2 Å². The minimum atomic E-state index is -4.32. The summed E-state index contributed by atoms with van der Waals surface area (Å²) in [6.45, 7) is -0.335. The minimum absolute atomic E-state index is 0.0783. The van der Waals surface area contributed by atoms with Crippen LogP contribution in [0, 0.1) is 5.82 Å². The number of halogens is 4. The van der Waals surface area contributed by atoms with Gasteiger partial charge in [0.25, 0.3) is 0 Å². The third-order valence-electron chi connectivity index (χ3n) is 5.17. The molecule has 38 heavy (non-hydrogen) atoms. The molecule has 11 heteroatoms. The molecule has 0 aliphatic rings. The van der Waals surface area contributed by atoms with Gasteiger partial charge in [0.2, 0.25) is 0 Å². The number of hydrogen-bond acceptors (Lipinski definition) is 6. The van der Waals surface area contributed by atoms with E-state index in [0.717, 1.165) is 12.1 Å². The van der Waals surface area contributed by atoms with Crippen molar-refractivity contribution in [2.45, 2.75) is 25.4 Å². The monoisotopic (exact) mass is 532 g/mol. The van der Waals surface area contributed by atoms with Crippen LogP contribution in [0.3, 0.4) is 0 Å². The molecule has 3 rings (SSSR count). The summed E-state index contributed by atoms with van der Waals surface area (Å²) in [4.78, 5) is 24.1. The second-order valence-corrected chi connectivity index (χ2v) is 8.33. The lowest BCUT2D eigenvalue weighted by Gasteiger charge is -2.10. The van der Waals surface area contributed by atoms with Crippen molar-refractivity contribution < 1.29 is 41.7 Å². The van der Waals surface area contributed by atoms with Gasteiger partial charge in [-0.05, 0) is 72.2 Å². The first kappa shape index (κ1) is 28.0. The van der Waals surface area contributed by atoms with E-state index in [4.69, 9.17) is 20.9 Å². The van der Waals surface area contributed by atoms with Crippen molar-refractivity contribution in [3.63, 3.8) is 0 Å². The molecule has 3 aromatic carbocycles. The molecule has 0 spiro atoms. The van der Waals surface area contributed by atoms with E-state index in [1.54, 1.807) is 18.2 Å². The molecule has 0 aliphatic heterocycles. The number of carboxylic acids is 1. The molecule has 200 valence electrons. The Labute approximate surface area is 215 Å². The van der Waals surface area contributed by atoms with Crippen LogP contribution in [0.15, 0.2) is 66.2 Å². The van der Waals surface area contributed by atoms with Crippen molar-refractivity contribution in [3.8, 4) is 11.5 Å². The first-order valence-corrected chi connectivity index (χ1v) is 11.3. The van der Waals surface area contributed by atoms with E-state index in [1.807, 2.05) is 0 Å². The van der Waals surface area contributed by atoms with E-state index in [2.05, 4.69) is 0 Å². The van der Waals surface area contributed by atoms with Crippen LogP contribution in [0.5, 0.6) is 11.5 Å². The van der Waals surface area contributed by atoms with Gasteiger partial charge >= 0.3 is 18.1 Å². The van der Waals surface area contributed by atoms with E-state index in [0.29, 0.717) is 22.5 Å². The molecule has 0 fully saturated rings. The molecule has 0 aromatic heterocycles. The first-order chi connectivity index (χ1) is 17.9. The summed E-state index contributed by atoms with van der Waals surface area (Å²) in [6, 6.07) is 14.0. The highest BCUT2D eigenvalue weighted by Gasteiger charge is 2.26. The molecule has 0 atom stereocenters. The number of carbonyl (C=O) groups is 2. The highest BCUT2D eigenvalue weighted by molar-refractivity contribution is 5.93. The standard InChI is InChI=1S/C27H24F4N2O5/c28-23-14-18(4-7-24(23)37-9-1-8-27(29,30)31)26(36)38-22-5-2-16(3-6-22)10-19(25(34)35)11-17-12-20(32)15-21(33)13-17/h2-7,10,12-15H,1,8-9,11,32-33H2,(H,34,35)/b19-10+. The minimum Gasteiger partial charge on any atom is -0.491 e. The third-order valence-corrected chi connectivity index (χ3v) is 5.17. The van der Waals surface area contributed by atoms with E-state index in [9.17, 15) is 32.3 Å². The van der Waals surface area contributed by atoms with Crippen LogP contribution in [0.4, 0.5) is 28.9 Å². The summed E-state index contributed by atoms with van der Waals surface area (Å²) in [5, 5.41) is 9.58. The molecular formula is C27H24F4N2O5. The predicted molar refractivity (Wildman–Crippen MR) is 133 cm³/mol. The van der Waals surface area contributed by atoms with Gasteiger partial charge < -0.3 is 26.0 Å². The van der Waals surface area contributed by atoms with Crippen molar-refractivity contribution in [2.24, 2.45) is 0 Å². The van der Waals surface area contributed by atoms with Crippen LogP contribution in [0.2, 0.25) is 0 Å². The van der Waals surface area contributed by atoms with Gasteiger partial charge in [-0.15, -0.1) is 0 Å². The molecule has 0 radical (unpaired) electrons. The van der Waals surface area contributed by atoms with Crippen LogP contribution < -0.4 is 20.9 Å². The fourth-order valence-electron chi connectivity index (χ4n) is 3.45. The Balaban J connectivity index is 1.63. The number of benzene rings is 3. The molecule has 0 aliphatic carbocycles. The summed E-state index contributed by atoms with van der Waals surface area (Å²) in [6.07, 6.45) is -4.18. The average molecular weight is 532 g/mol. The van der Waals surface area contributed by atoms with Gasteiger partial charge in [0.1, 0.15) is 5.75 Å². The summed E-state index contributed by atoms with van der Waals surface area (Å²) >= 11 is 0. The second kappa shape index (κ2) is 12.1. The molecular weight excluding hydrogens is 508 g/mol. The van der Waals surface area contributed by atoms with E-state index >= 15 is 0 Å². The maximum absolute atomic E-state index is 14.2. The Hall–Kier alpha value is -4.54. The topological polar surface area (TPSA) is 125 Å². The Morgan fingerprint density at radius 3 is 2.18 bits per heavy atom. The quantitative estimate of drug-likeness (QED) is 0.0771. The Morgan fingerprint density at radius 1 is 0.947 bits per heavy atom. The number of hydrogen-bond donors (Lipinski definition) is 3. The lowest BCUT2D eigenvalue weighted by molar-refractivity contribution is -0.136. The maximum Gasteiger partial charge on any atom is 0.389 e. The Bertz CT molecular complexity index is 1320. The van der Waals surface area contributed by atoms with Crippen LogP contribution in [-0.2, 0) is 11.2 Å². The zero-order chi connectivity index (χ0) is 27.9. The number of nitrogens with two attached hydrogens (primary N) is 2. The first-order valence-electron chi connectivity index (χ1n) is 11.3. The lowest BCUT2D eigenvalue weighted by Crippen LogP contribution is -2.11. The van der Waals surface area contributed by atoms with Gasteiger partial charge in [-0.1, -0.05) is 12.1 Å². The number of esters is 1. The highest BCUT2D eigenvalue weighted by Crippen LogP contribution is 2.24. The Morgan fingerprint density at radius 2 is 1.61 bits per heavy atom. The van der Waals surface area contributed by atoms with E-state index < -0.39 is 30.4 Å². The Kier molecular flexibility index (Phi) is 8.95. The number of alkyl halides is 3. The highest BCUT2D eigenvalue weighted by atomic mass is 19.4. The molecule has 7 nitrogen and oxygen atoms in total. The summed E-state index contributed by atoms with van der Waals surface area (Å²) in [7, 11) is 0. The van der Waals surface area contributed by atoms with E-state index in [-0.39, 0.29) is 42.1 Å². The fraction of sp³-hybridized carbons (Fsp3) is 0.185. The van der Waals surface area contributed by atoms with Crippen LogP contribution >= 0.6 is 0 Å². The van der Waals surface area contributed by atoms with Gasteiger partial charge in [0.15, 0.2) is 11.6 Å². The number of carboxylic acid groups (broad SMARTS) is 1. The van der Waals surface area contributed by atoms with Crippen molar-refractivity contribution >= 4 is 29.4 Å². The number of anilines is 2. The largest absolute Gasteiger partial charge is 0.491 e.